The Morgan fingerprint density at radius 3 is 2.34 bits per heavy atom. The van der Waals surface area contributed by atoms with Crippen LogP contribution in [-0.4, -0.2) is 34.4 Å². The third kappa shape index (κ3) is 4.51. The number of carboxylic acid groups (broad SMARTS) is 1. The SMILES string of the molecule is COc1cc2c(C(=O)O)cn(C(=O)OC(C)(C)C)c2cc1OCc1ccccc1. The van der Waals surface area contributed by atoms with E-state index in [1.807, 2.05) is 30.3 Å². The van der Waals surface area contributed by atoms with E-state index >= 15 is 0 Å². The summed E-state index contributed by atoms with van der Waals surface area (Å²) in [7, 11) is 1.47. The van der Waals surface area contributed by atoms with E-state index in [1.54, 1.807) is 32.9 Å². The minimum absolute atomic E-state index is 0.0289. The van der Waals surface area contributed by atoms with Gasteiger partial charge < -0.3 is 19.3 Å². The molecule has 0 amide bonds. The van der Waals surface area contributed by atoms with Gasteiger partial charge in [0.25, 0.3) is 0 Å². The summed E-state index contributed by atoms with van der Waals surface area (Å²) in [5.41, 5.74) is 0.568. The third-order valence-corrected chi connectivity index (χ3v) is 4.15. The average molecular weight is 397 g/mol. The summed E-state index contributed by atoms with van der Waals surface area (Å²) >= 11 is 0. The second-order valence-corrected chi connectivity index (χ2v) is 7.49. The molecule has 0 saturated heterocycles. The molecule has 0 fully saturated rings. The van der Waals surface area contributed by atoms with Crippen LogP contribution in [0.1, 0.15) is 36.7 Å². The number of hydrogen-bond acceptors (Lipinski definition) is 5. The van der Waals surface area contributed by atoms with Crippen LogP contribution in [0.5, 0.6) is 11.5 Å². The van der Waals surface area contributed by atoms with E-state index < -0.39 is 17.7 Å². The molecule has 29 heavy (non-hydrogen) atoms. The predicted octanol–water partition coefficient (Wildman–Crippen LogP) is 4.71. The topological polar surface area (TPSA) is 87.0 Å². The van der Waals surface area contributed by atoms with Gasteiger partial charge in [-0.2, -0.15) is 0 Å². The second kappa shape index (κ2) is 7.87. The summed E-state index contributed by atoms with van der Waals surface area (Å²) in [5.74, 6) is -0.390. The van der Waals surface area contributed by atoms with Crippen LogP contribution in [0, 0.1) is 0 Å². The van der Waals surface area contributed by atoms with E-state index in [0.717, 1.165) is 5.56 Å². The van der Waals surface area contributed by atoms with Crippen molar-refractivity contribution in [1.29, 1.82) is 0 Å². The normalized spacial score (nSPS) is 11.3. The number of hydrogen-bond donors (Lipinski definition) is 1. The summed E-state index contributed by atoms with van der Waals surface area (Å²) in [4.78, 5) is 24.3. The summed E-state index contributed by atoms with van der Waals surface area (Å²) in [6.07, 6.45) is 0.579. The number of nitrogens with zero attached hydrogens (tertiary/aromatic N) is 1. The Bertz CT molecular complexity index is 1050. The van der Waals surface area contributed by atoms with Gasteiger partial charge in [-0.3, -0.25) is 4.57 Å². The number of aromatic nitrogens is 1. The lowest BCUT2D eigenvalue weighted by molar-refractivity contribution is 0.0544. The lowest BCUT2D eigenvalue weighted by Gasteiger charge is -2.20. The maximum atomic E-state index is 12.6. The van der Waals surface area contributed by atoms with E-state index in [9.17, 15) is 14.7 Å². The zero-order valence-corrected chi connectivity index (χ0v) is 16.8. The van der Waals surface area contributed by atoms with Crippen LogP contribution >= 0.6 is 0 Å². The quantitative estimate of drug-likeness (QED) is 0.671. The van der Waals surface area contributed by atoms with Crippen molar-refractivity contribution < 1.29 is 28.9 Å². The van der Waals surface area contributed by atoms with E-state index in [-0.39, 0.29) is 5.56 Å². The highest BCUT2D eigenvalue weighted by Gasteiger charge is 2.24. The van der Waals surface area contributed by atoms with Gasteiger partial charge in [0.15, 0.2) is 11.5 Å². The largest absolute Gasteiger partial charge is 0.493 e. The van der Waals surface area contributed by atoms with Crippen molar-refractivity contribution in [2.45, 2.75) is 33.0 Å². The van der Waals surface area contributed by atoms with Crippen LogP contribution in [-0.2, 0) is 11.3 Å². The molecule has 0 aliphatic rings. The summed E-state index contributed by atoms with van der Waals surface area (Å²) in [6, 6.07) is 12.7. The minimum atomic E-state index is -1.16. The lowest BCUT2D eigenvalue weighted by Crippen LogP contribution is -2.26. The molecule has 7 heteroatoms. The zero-order chi connectivity index (χ0) is 21.2. The van der Waals surface area contributed by atoms with Crippen molar-refractivity contribution in [1.82, 2.24) is 4.57 Å². The molecule has 3 rings (SSSR count). The molecule has 1 aromatic heterocycles. The fourth-order valence-corrected chi connectivity index (χ4v) is 2.87. The molecule has 7 nitrogen and oxygen atoms in total. The van der Waals surface area contributed by atoms with E-state index in [2.05, 4.69) is 0 Å². The molecule has 0 unspecified atom stereocenters. The number of fused-ring (bicyclic) bond motifs is 1. The Hall–Kier alpha value is -3.48. The van der Waals surface area contributed by atoms with Crippen molar-refractivity contribution in [2.75, 3.05) is 7.11 Å². The molecule has 0 radical (unpaired) electrons. The van der Waals surface area contributed by atoms with Crippen LogP contribution in [0.15, 0.2) is 48.7 Å². The third-order valence-electron chi connectivity index (χ3n) is 4.15. The molecule has 0 aliphatic heterocycles. The molecular formula is C22H23NO6. The first-order chi connectivity index (χ1) is 13.7. The molecule has 0 bridgehead atoms. The molecule has 0 aliphatic carbocycles. The number of aromatic carboxylic acids is 1. The highest BCUT2D eigenvalue weighted by atomic mass is 16.6. The molecule has 3 aromatic rings. The fourth-order valence-electron chi connectivity index (χ4n) is 2.87. The van der Waals surface area contributed by atoms with Gasteiger partial charge in [-0.05, 0) is 32.4 Å². The van der Waals surface area contributed by atoms with Crippen LogP contribution in [0.3, 0.4) is 0 Å². The monoisotopic (exact) mass is 397 g/mol. The maximum Gasteiger partial charge on any atom is 0.419 e. The van der Waals surface area contributed by atoms with E-state index in [1.165, 1.54) is 17.9 Å². The van der Waals surface area contributed by atoms with Crippen LogP contribution in [0.25, 0.3) is 10.9 Å². The lowest BCUT2D eigenvalue weighted by atomic mass is 10.1. The van der Waals surface area contributed by atoms with Crippen molar-refractivity contribution in [3.8, 4) is 11.5 Å². The molecule has 0 saturated carbocycles. The molecule has 1 N–H and O–H groups in total. The maximum absolute atomic E-state index is 12.6. The van der Waals surface area contributed by atoms with Gasteiger partial charge in [-0.1, -0.05) is 30.3 Å². The zero-order valence-electron chi connectivity index (χ0n) is 16.8. The number of carboxylic acids is 1. The van der Waals surface area contributed by atoms with Crippen LogP contribution < -0.4 is 9.47 Å². The summed E-state index contributed by atoms with van der Waals surface area (Å²) < 4.78 is 17.9. The summed E-state index contributed by atoms with van der Waals surface area (Å²) in [5, 5.41) is 9.91. The van der Waals surface area contributed by atoms with Gasteiger partial charge >= 0.3 is 12.1 Å². The van der Waals surface area contributed by atoms with Gasteiger partial charge in [-0.15, -0.1) is 0 Å². The molecule has 0 atom stereocenters. The average Bonchev–Trinajstić information content (AvgIpc) is 3.04. The molecule has 0 spiro atoms. The number of ether oxygens (including phenoxy) is 3. The number of benzene rings is 2. The fraction of sp³-hybridized carbons (Fsp3) is 0.273. The first-order valence-electron chi connectivity index (χ1n) is 9.06. The molecular weight excluding hydrogens is 374 g/mol. The van der Waals surface area contributed by atoms with Crippen LogP contribution in [0.2, 0.25) is 0 Å². The number of rotatable bonds is 5. The van der Waals surface area contributed by atoms with Gasteiger partial charge in [0, 0.05) is 17.6 Å². The Labute approximate surface area is 168 Å². The first-order valence-corrected chi connectivity index (χ1v) is 9.06. The summed E-state index contributed by atoms with van der Waals surface area (Å²) in [6.45, 7) is 5.52. The van der Waals surface area contributed by atoms with E-state index in [0.29, 0.717) is 29.0 Å². The van der Waals surface area contributed by atoms with Crippen LogP contribution in [0.4, 0.5) is 4.79 Å². The number of carbonyl (C=O) groups excluding carboxylic acids is 1. The molecule has 2 aromatic carbocycles. The molecule has 1 heterocycles. The van der Waals surface area contributed by atoms with Crippen molar-refractivity contribution in [2.24, 2.45) is 0 Å². The van der Waals surface area contributed by atoms with E-state index in [4.69, 9.17) is 14.2 Å². The van der Waals surface area contributed by atoms with Gasteiger partial charge in [0.05, 0.1) is 18.2 Å². The van der Waals surface area contributed by atoms with Gasteiger partial charge in [-0.25, -0.2) is 9.59 Å². The minimum Gasteiger partial charge on any atom is -0.493 e. The van der Waals surface area contributed by atoms with Crippen molar-refractivity contribution in [3.63, 3.8) is 0 Å². The second-order valence-electron chi connectivity index (χ2n) is 7.49. The van der Waals surface area contributed by atoms with Crippen molar-refractivity contribution in [3.05, 3.63) is 59.8 Å². The first kappa shape index (κ1) is 20.3. The molecule has 152 valence electrons. The van der Waals surface area contributed by atoms with Gasteiger partial charge in [0.2, 0.25) is 0 Å². The standard InChI is InChI=1S/C22H23NO6/c1-22(2,3)29-21(26)23-12-16(20(24)25)15-10-18(27-4)19(11-17(15)23)28-13-14-8-6-5-7-9-14/h5-12H,13H2,1-4H3,(H,24,25). The highest BCUT2D eigenvalue weighted by Crippen LogP contribution is 2.35. The Morgan fingerprint density at radius 1 is 1.07 bits per heavy atom. The highest BCUT2D eigenvalue weighted by molar-refractivity contribution is 6.07. The smallest absolute Gasteiger partial charge is 0.419 e. The Morgan fingerprint density at radius 2 is 1.76 bits per heavy atom. The predicted molar refractivity (Wildman–Crippen MR) is 108 cm³/mol. The Kier molecular flexibility index (Phi) is 5.50. The number of carbonyl (C=O) groups is 2. The van der Waals surface area contributed by atoms with Gasteiger partial charge in [0.1, 0.15) is 12.2 Å². The number of methoxy groups -OCH3 is 1. The van der Waals surface area contributed by atoms with Crippen molar-refractivity contribution >= 4 is 23.0 Å². The Balaban J connectivity index is 2.07.